The van der Waals surface area contributed by atoms with Crippen LogP contribution in [-0.2, 0) is 0 Å². The van der Waals surface area contributed by atoms with Crippen LogP contribution in [0.2, 0.25) is 0 Å². The lowest BCUT2D eigenvalue weighted by molar-refractivity contribution is -0.384. The van der Waals surface area contributed by atoms with E-state index in [2.05, 4.69) is 10.2 Å². The SMILES string of the molecule is CC(=O)c1cc2cc(N=Nc3ccc([N+](=O)[O-])cc3)ccc2oc1=O. The van der Waals surface area contributed by atoms with E-state index in [4.69, 9.17) is 4.42 Å². The molecule has 0 aliphatic carbocycles. The minimum atomic E-state index is -0.680. The molecule has 0 N–H and O–H groups in total. The average molecular weight is 337 g/mol. The van der Waals surface area contributed by atoms with E-state index in [9.17, 15) is 19.7 Å². The van der Waals surface area contributed by atoms with Crippen LogP contribution < -0.4 is 5.63 Å². The third kappa shape index (κ3) is 3.47. The fourth-order valence-corrected chi connectivity index (χ4v) is 2.17. The predicted molar refractivity (Wildman–Crippen MR) is 89.8 cm³/mol. The topological polar surface area (TPSA) is 115 Å². The summed E-state index contributed by atoms with van der Waals surface area (Å²) in [5.41, 5.74) is 0.530. The molecule has 0 aliphatic heterocycles. The molecule has 0 atom stereocenters. The van der Waals surface area contributed by atoms with E-state index in [0.29, 0.717) is 22.3 Å². The lowest BCUT2D eigenvalue weighted by Crippen LogP contribution is -2.10. The molecule has 124 valence electrons. The van der Waals surface area contributed by atoms with Crippen molar-refractivity contribution in [2.45, 2.75) is 6.92 Å². The molecule has 0 saturated carbocycles. The van der Waals surface area contributed by atoms with Crippen molar-refractivity contribution in [3.05, 3.63) is 74.6 Å². The van der Waals surface area contributed by atoms with Crippen molar-refractivity contribution in [2.75, 3.05) is 0 Å². The summed E-state index contributed by atoms with van der Waals surface area (Å²) in [4.78, 5) is 33.2. The van der Waals surface area contributed by atoms with Crippen molar-refractivity contribution in [3.63, 3.8) is 0 Å². The zero-order valence-corrected chi connectivity index (χ0v) is 13.0. The molecule has 0 bridgehead atoms. The molecule has 0 amide bonds. The van der Waals surface area contributed by atoms with Crippen molar-refractivity contribution < 1.29 is 14.1 Å². The summed E-state index contributed by atoms with van der Waals surface area (Å²) in [5.74, 6) is -0.381. The van der Waals surface area contributed by atoms with Gasteiger partial charge in [-0.3, -0.25) is 14.9 Å². The molecule has 0 saturated heterocycles. The molecule has 1 heterocycles. The van der Waals surface area contributed by atoms with Gasteiger partial charge < -0.3 is 4.42 Å². The van der Waals surface area contributed by atoms with Crippen LogP contribution in [0, 0.1) is 10.1 Å². The first-order chi connectivity index (χ1) is 11.9. The second-order valence-electron chi connectivity index (χ2n) is 5.20. The number of nitro groups is 1. The van der Waals surface area contributed by atoms with Crippen LogP contribution in [-0.4, -0.2) is 10.7 Å². The molecule has 0 spiro atoms. The van der Waals surface area contributed by atoms with Crippen molar-refractivity contribution in [1.82, 2.24) is 0 Å². The number of non-ortho nitro benzene ring substituents is 1. The van der Waals surface area contributed by atoms with Crippen molar-refractivity contribution in [3.8, 4) is 0 Å². The Labute approximate surface area is 140 Å². The van der Waals surface area contributed by atoms with Crippen LogP contribution in [0.1, 0.15) is 17.3 Å². The van der Waals surface area contributed by atoms with Crippen LogP contribution in [0.15, 0.2) is 68.0 Å². The van der Waals surface area contributed by atoms with Gasteiger partial charge in [0.2, 0.25) is 0 Å². The predicted octanol–water partition coefficient (Wildman–Crippen LogP) is 4.32. The van der Waals surface area contributed by atoms with Crippen LogP contribution in [0.5, 0.6) is 0 Å². The molecule has 0 fully saturated rings. The summed E-state index contributed by atoms with van der Waals surface area (Å²) in [6.45, 7) is 1.29. The highest BCUT2D eigenvalue weighted by Crippen LogP contribution is 2.24. The number of hydrogen-bond donors (Lipinski definition) is 0. The van der Waals surface area contributed by atoms with Gasteiger partial charge in [-0.2, -0.15) is 10.2 Å². The molecule has 8 nitrogen and oxygen atoms in total. The number of nitrogens with zero attached hydrogens (tertiary/aromatic N) is 3. The van der Waals surface area contributed by atoms with Gasteiger partial charge in [0.25, 0.3) is 5.69 Å². The number of hydrogen-bond acceptors (Lipinski definition) is 7. The maximum absolute atomic E-state index is 11.7. The molecule has 0 unspecified atom stereocenters. The number of carbonyl (C=O) groups is 1. The first-order valence-corrected chi connectivity index (χ1v) is 7.19. The summed E-state index contributed by atoms with van der Waals surface area (Å²) < 4.78 is 5.09. The molecule has 0 aliphatic rings. The van der Waals surface area contributed by atoms with E-state index in [1.165, 1.54) is 37.3 Å². The Kier molecular flexibility index (Phi) is 4.17. The number of fused-ring (bicyclic) bond motifs is 1. The molecular formula is C17H11N3O5. The minimum absolute atomic E-state index is 0.0306. The normalized spacial score (nSPS) is 11.1. The van der Waals surface area contributed by atoms with E-state index < -0.39 is 10.5 Å². The summed E-state index contributed by atoms with van der Waals surface area (Å²) in [7, 11) is 0. The first kappa shape index (κ1) is 16.2. The van der Waals surface area contributed by atoms with Gasteiger partial charge in [0.05, 0.1) is 16.3 Å². The lowest BCUT2D eigenvalue weighted by Gasteiger charge is -2.00. The van der Waals surface area contributed by atoms with Gasteiger partial charge in [0, 0.05) is 17.5 Å². The van der Waals surface area contributed by atoms with E-state index in [0.717, 1.165) is 0 Å². The standard InChI is InChI=1S/C17H11N3O5/c1-10(21)15-9-11-8-13(4-7-16(11)25-17(15)22)19-18-12-2-5-14(6-3-12)20(23)24/h2-9H,1H3. The van der Waals surface area contributed by atoms with Crippen LogP contribution in [0.25, 0.3) is 11.0 Å². The molecule has 3 aromatic rings. The number of Topliss-reactive ketones (excluding diaryl/α,β-unsaturated/α-hetero) is 1. The van der Waals surface area contributed by atoms with E-state index >= 15 is 0 Å². The molecule has 3 rings (SSSR count). The first-order valence-electron chi connectivity index (χ1n) is 7.19. The van der Waals surface area contributed by atoms with Gasteiger partial charge >= 0.3 is 5.63 Å². The van der Waals surface area contributed by atoms with E-state index in [-0.39, 0.29) is 17.0 Å². The Bertz CT molecular complexity index is 1070. The molecular weight excluding hydrogens is 326 g/mol. The molecule has 2 aromatic carbocycles. The summed E-state index contributed by atoms with van der Waals surface area (Å²) >= 11 is 0. The highest BCUT2D eigenvalue weighted by Gasteiger charge is 2.09. The van der Waals surface area contributed by atoms with Crippen LogP contribution in [0.3, 0.4) is 0 Å². The third-order valence-electron chi connectivity index (χ3n) is 3.44. The van der Waals surface area contributed by atoms with Gasteiger partial charge in [0.15, 0.2) is 5.78 Å². The Hall–Kier alpha value is -3.68. The van der Waals surface area contributed by atoms with Crippen LogP contribution in [0.4, 0.5) is 17.1 Å². The van der Waals surface area contributed by atoms with Crippen molar-refractivity contribution >= 4 is 33.8 Å². The van der Waals surface area contributed by atoms with Gasteiger partial charge in [-0.25, -0.2) is 4.79 Å². The molecule has 8 heteroatoms. The summed E-state index contributed by atoms with van der Waals surface area (Å²) in [6, 6.07) is 11.9. The average Bonchev–Trinajstić information content (AvgIpc) is 2.59. The summed E-state index contributed by atoms with van der Waals surface area (Å²) in [6.07, 6.45) is 0. The van der Waals surface area contributed by atoms with Crippen molar-refractivity contribution in [2.24, 2.45) is 10.2 Å². The smallest absolute Gasteiger partial charge is 0.347 e. The van der Waals surface area contributed by atoms with Gasteiger partial charge in [-0.15, -0.1) is 0 Å². The van der Waals surface area contributed by atoms with Gasteiger partial charge in [-0.05, 0) is 43.3 Å². The minimum Gasteiger partial charge on any atom is -0.422 e. The lowest BCUT2D eigenvalue weighted by atomic mass is 10.1. The molecule has 0 radical (unpaired) electrons. The number of azo groups is 1. The number of benzene rings is 2. The summed E-state index contributed by atoms with van der Waals surface area (Å²) in [5, 5.41) is 19.2. The number of rotatable bonds is 4. The van der Waals surface area contributed by atoms with Gasteiger partial charge in [-0.1, -0.05) is 0 Å². The maximum atomic E-state index is 11.7. The van der Waals surface area contributed by atoms with E-state index in [1.54, 1.807) is 18.2 Å². The molecule has 1 aromatic heterocycles. The Morgan fingerprint density at radius 3 is 2.32 bits per heavy atom. The third-order valence-corrected chi connectivity index (χ3v) is 3.44. The zero-order chi connectivity index (χ0) is 18.0. The fraction of sp³-hybridized carbons (Fsp3) is 0.0588. The fourth-order valence-electron chi connectivity index (χ4n) is 2.17. The van der Waals surface area contributed by atoms with Crippen LogP contribution >= 0.6 is 0 Å². The largest absolute Gasteiger partial charge is 0.422 e. The zero-order valence-electron chi connectivity index (χ0n) is 13.0. The Balaban J connectivity index is 1.93. The second-order valence-corrected chi connectivity index (χ2v) is 5.20. The second kappa shape index (κ2) is 6.44. The van der Waals surface area contributed by atoms with Gasteiger partial charge in [0.1, 0.15) is 11.1 Å². The Morgan fingerprint density at radius 1 is 1.04 bits per heavy atom. The number of ketones is 1. The van der Waals surface area contributed by atoms with Crippen molar-refractivity contribution in [1.29, 1.82) is 0 Å². The monoisotopic (exact) mass is 337 g/mol. The quantitative estimate of drug-likeness (QED) is 0.231. The Morgan fingerprint density at radius 2 is 1.68 bits per heavy atom. The highest BCUT2D eigenvalue weighted by molar-refractivity contribution is 5.96. The number of nitro benzene ring substituents is 1. The number of carbonyl (C=O) groups excluding carboxylic acids is 1. The highest BCUT2D eigenvalue weighted by atomic mass is 16.6. The maximum Gasteiger partial charge on any atom is 0.347 e. The van der Waals surface area contributed by atoms with E-state index in [1.807, 2.05) is 0 Å². The molecule has 25 heavy (non-hydrogen) atoms.